The highest BCUT2D eigenvalue weighted by molar-refractivity contribution is 6.06. The van der Waals surface area contributed by atoms with Crippen molar-refractivity contribution in [2.45, 2.75) is 13.5 Å². The van der Waals surface area contributed by atoms with Gasteiger partial charge >= 0.3 is 0 Å². The van der Waals surface area contributed by atoms with Crippen molar-refractivity contribution >= 4 is 22.6 Å². The first-order chi connectivity index (χ1) is 12.7. The van der Waals surface area contributed by atoms with Crippen LogP contribution in [0.2, 0.25) is 0 Å². The van der Waals surface area contributed by atoms with Crippen molar-refractivity contribution in [1.29, 1.82) is 0 Å². The summed E-state index contributed by atoms with van der Waals surface area (Å²) in [6.07, 6.45) is 0. The van der Waals surface area contributed by atoms with E-state index in [-0.39, 0.29) is 5.91 Å². The second kappa shape index (κ2) is 6.80. The molecule has 0 saturated heterocycles. The molecule has 0 atom stereocenters. The minimum absolute atomic E-state index is 0.154. The SMILES string of the molecule is Cc1ccccc1NC(=O)c1ccc2c(c1)nnn2Cc1ccccc1. The van der Waals surface area contributed by atoms with Crippen LogP contribution in [0.3, 0.4) is 0 Å². The number of aromatic nitrogens is 3. The van der Waals surface area contributed by atoms with Gasteiger partial charge in [-0.05, 0) is 42.3 Å². The molecule has 26 heavy (non-hydrogen) atoms. The van der Waals surface area contributed by atoms with Crippen LogP contribution in [0.1, 0.15) is 21.5 Å². The first-order valence-electron chi connectivity index (χ1n) is 8.45. The highest BCUT2D eigenvalue weighted by Gasteiger charge is 2.11. The van der Waals surface area contributed by atoms with Crippen LogP contribution in [0.4, 0.5) is 5.69 Å². The van der Waals surface area contributed by atoms with Crippen molar-refractivity contribution in [3.63, 3.8) is 0 Å². The first kappa shape index (κ1) is 16.0. The lowest BCUT2D eigenvalue weighted by Crippen LogP contribution is -2.12. The molecule has 0 bridgehead atoms. The molecular weight excluding hydrogens is 324 g/mol. The lowest BCUT2D eigenvalue weighted by atomic mass is 10.1. The number of fused-ring (bicyclic) bond motifs is 1. The standard InChI is InChI=1S/C21H18N4O/c1-15-7-5-6-10-18(15)22-21(26)17-11-12-20-19(13-17)23-24-25(20)14-16-8-3-2-4-9-16/h2-13H,14H2,1H3,(H,22,26). The van der Waals surface area contributed by atoms with Crippen LogP contribution in [-0.4, -0.2) is 20.9 Å². The fourth-order valence-electron chi connectivity index (χ4n) is 2.89. The van der Waals surface area contributed by atoms with Crippen molar-refractivity contribution in [2.75, 3.05) is 5.32 Å². The summed E-state index contributed by atoms with van der Waals surface area (Å²) < 4.78 is 1.84. The smallest absolute Gasteiger partial charge is 0.255 e. The van der Waals surface area contributed by atoms with Crippen molar-refractivity contribution in [3.8, 4) is 0 Å². The number of anilines is 1. The minimum atomic E-state index is -0.154. The average molecular weight is 342 g/mol. The fourth-order valence-corrected chi connectivity index (χ4v) is 2.89. The molecule has 0 aliphatic rings. The second-order valence-electron chi connectivity index (χ2n) is 6.21. The van der Waals surface area contributed by atoms with Crippen molar-refractivity contribution < 1.29 is 4.79 Å². The maximum atomic E-state index is 12.5. The number of hydrogen-bond acceptors (Lipinski definition) is 3. The average Bonchev–Trinajstić information content (AvgIpc) is 3.06. The summed E-state index contributed by atoms with van der Waals surface area (Å²) >= 11 is 0. The monoisotopic (exact) mass is 342 g/mol. The summed E-state index contributed by atoms with van der Waals surface area (Å²) in [5.41, 5.74) is 5.16. The summed E-state index contributed by atoms with van der Waals surface area (Å²) in [5.74, 6) is -0.154. The van der Waals surface area contributed by atoms with E-state index in [0.29, 0.717) is 17.6 Å². The van der Waals surface area contributed by atoms with Gasteiger partial charge in [0.15, 0.2) is 0 Å². The number of carbonyl (C=O) groups excluding carboxylic acids is 1. The molecule has 0 unspecified atom stereocenters. The number of nitrogens with zero attached hydrogens (tertiary/aromatic N) is 3. The molecule has 0 aliphatic heterocycles. The maximum Gasteiger partial charge on any atom is 0.255 e. The lowest BCUT2D eigenvalue weighted by molar-refractivity contribution is 0.102. The number of nitrogens with one attached hydrogen (secondary N) is 1. The van der Waals surface area contributed by atoms with E-state index in [1.54, 1.807) is 12.1 Å². The number of amides is 1. The van der Waals surface area contributed by atoms with Crippen LogP contribution in [-0.2, 0) is 6.54 Å². The quantitative estimate of drug-likeness (QED) is 0.609. The molecule has 5 nitrogen and oxygen atoms in total. The van der Waals surface area contributed by atoms with E-state index in [9.17, 15) is 4.79 Å². The van der Waals surface area contributed by atoms with E-state index in [1.807, 2.05) is 60.1 Å². The molecule has 1 N–H and O–H groups in total. The summed E-state index contributed by atoms with van der Waals surface area (Å²) in [6.45, 7) is 2.61. The molecule has 5 heteroatoms. The zero-order valence-corrected chi connectivity index (χ0v) is 14.4. The highest BCUT2D eigenvalue weighted by Crippen LogP contribution is 2.18. The van der Waals surface area contributed by atoms with Gasteiger partial charge < -0.3 is 5.32 Å². The van der Waals surface area contributed by atoms with E-state index in [1.165, 1.54) is 0 Å². The van der Waals surface area contributed by atoms with Crippen LogP contribution >= 0.6 is 0 Å². The molecule has 0 radical (unpaired) electrons. The van der Waals surface area contributed by atoms with Gasteiger partial charge in [0.1, 0.15) is 5.52 Å². The van der Waals surface area contributed by atoms with Gasteiger partial charge in [0, 0.05) is 11.3 Å². The van der Waals surface area contributed by atoms with Crippen LogP contribution < -0.4 is 5.32 Å². The summed E-state index contributed by atoms with van der Waals surface area (Å²) in [4.78, 5) is 12.5. The van der Waals surface area contributed by atoms with Gasteiger partial charge in [-0.15, -0.1) is 5.10 Å². The van der Waals surface area contributed by atoms with Crippen molar-refractivity contribution in [2.24, 2.45) is 0 Å². The molecule has 1 aromatic heterocycles. The zero-order chi connectivity index (χ0) is 17.9. The molecule has 0 aliphatic carbocycles. The van der Waals surface area contributed by atoms with Crippen molar-refractivity contribution in [3.05, 3.63) is 89.5 Å². The Morgan fingerprint density at radius 2 is 1.77 bits per heavy atom. The number of hydrogen-bond donors (Lipinski definition) is 1. The Morgan fingerprint density at radius 3 is 2.58 bits per heavy atom. The Morgan fingerprint density at radius 1 is 1.00 bits per heavy atom. The summed E-state index contributed by atoms with van der Waals surface area (Å²) in [5, 5.41) is 11.4. The van der Waals surface area contributed by atoms with Crippen LogP contribution in [0.25, 0.3) is 11.0 Å². The Labute approximate surface area is 151 Å². The molecule has 0 saturated carbocycles. The van der Waals surface area contributed by atoms with E-state index >= 15 is 0 Å². The maximum absolute atomic E-state index is 12.5. The summed E-state index contributed by atoms with van der Waals surface area (Å²) in [7, 11) is 0. The molecule has 1 heterocycles. The van der Waals surface area contributed by atoms with Gasteiger partial charge in [0.05, 0.1) is 12.1 Å². The number of para-hydroxylation sites is 1. The van der Waals surface area contributed by atoms with Gasteiger partial charge in [-0.1, -0.05) is 53.7 Å². The van der Waals surface area contributed by atoms with Crippen molar-refractivity contribution in [1.82, 2.24) is 15.0 Å². The molecule has 4 aromatic rings. The Balaban J connectivity index is 1.58. The van der Waals surface area contributed by atoms with Crippen LogP contribution in [0.15, 0.2) is 72.8 Å². The molecule has 128 valence electrons. The predicted molar refractivity (Wildman–Crippen MR) is 102 cm³/mol. The third-order valence-corrected chi connectivity index (χ3v) is 4.34. The predicted octanol–water partition coefficient (Wildman–Crippen LogP) is 4.04. The molecule has 1 amide bonds. The molecule has 4 rings (SSSR count). The topological polar surface area (TPSA) is 59.8 Å². The van der Waals surface area contributed by atoms with Crippen LogP contribution in [0, 0.1) is 6.92 Å². The molecule has 0 spiro atoms. The lowest BCUT2D eigenvalue weighted by Gasteiger charge is -2.08. The van der Waals surface area contributed by atoms with Gasteiger partial charge in [0.2, 0.25) is 0 Å². The minimum Gasteiger partial charge on any atom is -0.322 e. The Kier molecular flexibility index (Phi) is 4.19. The highest BCUT2D eigenvalue weighted by atomic mass is 16.1. The molecular formula is C21H18N4O. The third kappa shape index (κ3) is 3.19. The zero-order valence-electron chi connectivity index (χ0n) is 14.4. The number of benzene rings is 3. The fraction of sp³-hybridized carbons (Fsp3) is 0.0952. The number of carbonyl (C=O) groups is 1. The van der Waals surface area contributed by atoms with E-state index in [2.05, 4.69) is 27.8 Å². The molecule has 3 aromatic carbocycles. The Bertz CT molecular complexity index is 1070. The number of rotatable bonds is 4. The number of aryl methyl sites for hydroxylation is 1. The molecule has 0 fully saturated rings. The second-order valence-corrected chi connectivity index (χ2v) is 6.21. The van der Waals surface area contributed by atoms with Gasteiger partial charge in [-0.25, -0.2) is 4.68 Å². The Hall–Kier alpha value is -3.47. The van der Waals surface area contributed by atoms with E-state index in [4.69, 9.17) is 0 Å². The van der Waals surface area contributed by atoms with Gasteiger partial charge in [0.25, 0.3) is 5.91 Å². The van der Waals surface area contributed by atoms with E-state index < -0.39 is 0 Å². The third-order valence-electron chi connectivity index (χ3n) is 4.34. The largest absolute Gasteiger partial charge is 0.322 e. The van der Waals surface area contributed by atoms with Gasteiger partial charge in [-0.3, -0.25) is 4.79 Å². The first-order valence-corrected chi connectivity index (χ1v) is 8.45. The van der Waals surface area contributed by atoms with E-state index in [0.717, 1.165) is 22.3 Å². The summed E-state index contributed by atoms with van der Waals surface area (Å²) in [6, 6.07) is 23.3. The van der Waals surface area contributed by atoms with Gasteiger partial charge in [-0.2, -0.15) is 0 Å². The van der Waals surface area contributed by atoms with Crippen LogP contribution in [0.5, 0.6) is 0 Å². The normalized spacial score (nSPS) is 10.8.